The molecule has 0 unspecified atom stereocenters. The van der Waals surface area contributed by atoms with Gasteiger partial charge < -0.3 is 5.11 Å². The van der Waals surface area contributed by atoms with Crippen molar-refractivity contribution in [1.29, 1.82) is 0 Å². The summed E-state index contributed by atoms with van der Waals surface area (Å²) in [5.41, 5.74) is 1.49. The van der Waals surface area contributed by atoms with Gasteiger partial charge in [-0.3, -0.25) is 4.90 Å². The number of aliphatic hydroxyl groups is 1. The maximum atomic E-state index is 10.0. The number of benzene rings is 1. The van der Waals surface area contributed by atoms with Gasteiger partial charge in [-0.15, -0.1) is 0 Å². The Hall–Kier alpha value is -0.860. The SMILES string of the molecule is CC(C)(C)N(Cc1ccccc1)C[C@H]1CCC[C@H]1O. The zero-order chi connectivity index (χ0) is 13.9. The van der Waals surface area contributed by atoms with Crippen molar-refractivity contribution in [2.45, 2.75) is 58.2 Å². The molecule has 1 N–H and O–H groups in total. The van der Waals surface area contributed by atoms with E-state index >= 15 is 0 Å². The highest BCUT2D eigenvalue weighted by Crippen LogP contribution is 2.29. The van der Waals surface area contributed by atoms with Crippen LogP contribution in [0.3, 0.4) is 0 Å². The molecule has 2 atom stereocenters. The molecule has 0 amide bonds. The van der Waals surface area contributed by atoms with Crippen LogP contribution in [-0.2, 0) is 6.54 Å². The van der Waals surface area contributed by atoms with Gasteiger partial charge in [-0.1, -0.05) is 36.8 Å². The van der Waals surface area contributed by atoms with E-state index < -0.39 is 0 Å². The molecule has 2 heteroatoms. The summed E-state index contributed by atoms with van der Waals surface area (Å²) in [6, 6.07) is 10.6. The zero-order valence-corrected chi connectivity index (χ0v) is 12.5. The van der Waals surface area contributed by atoms with Crippen molar-refractivity contribution in [2.24, 2.45) is 5.92 Å². The number of rotatable bonds is 4. The Kier molecular flexibility index (Phi) is 4.64. The summed E-state index contributed by atoms with van der Waals surface area (Å²) in [6.07, 6.45) is 3.23. The van der Waals surface area contributed by atoms with E-state index in [1.807, 2.05) is 0 Å². The number of hydrogen-bond acceptors (Lipinski definition) is 2. The van der Waals surface area contributed by atoms with Crippen molar-refractivity contribution < 1.29 is 5.11 Å². The predicted octanol–water partition coefficient (Wildman–Crippen LogP) is 3.45. The Morgan fingerprint density at radius 3 is 2.37 bits per heavy atom. The molecule has 0 heterocycles. The lowest BCUT2D eigenvalue weighted by Crippen LogP contribution is -2.44. The minimum atomic E-state index is -0.0966. The van der Waals surface area contributed by atoms with E-state index in [4.69, 9.17) is 0 Å². The van der Waals surface area contributed by atoms with E-state index in [0.717, 1.165) is 19.5 Å². The van der Waals surface area contributed by atoms with Crippen LogP contribution in [0, 0.1) is 5.92 Å². The maximum absolute atomic E-state index is 10.0. The van der Waals surface area contributed by atoms with Gasteiger partial charge in [-0.2, -0.15) is 0 Å². The third-order valence-corrected chi connectivity index (χ3v) is 4.24. The van der Waals surface area contributed by atoms with Crippen molar-refractivity contribution in [2.75, 3.05) is 6.54 Å². The van der Waals surface area contributed by atoms with Crippen LogP contribution < -0.4 is 0 Å². The first-order chi connectivity index (χ1) is 8.97. The van der Waals surface area contributed by atoms with Gasteiger partial charge in [0.15, 0.2) is 0 Å². The van der Waals surface area contributed by atoms with Crippen LogP contribution in [0.2, 0.25) is 0 Å². The normalized spacial score (nSPS) is 24.1. The predicted molar refractivity (Wildman–Crippen MR) is 80.0 cm³/mol. The average molecular weight is 261 g/mol. The molecule has 0 saturated heterocycles. The van der Waals surface area contributed by atoms with E-state index in [2.05, 4.69) is 56.0 Å². The van der Waals surface area contributed by atoms with E-state index in [1.54, 1.807) is 0 Å². The van der Waals surface area contributed by atoms with Crippen LogP contribution in [0.25, 0.3) is 0 Å². The molecule has 106 valence electrons. The summed E-state index contributed by atoms with van der Waals surface area (Å²) < 4.78 is 0. The van der Waals surface area contributed by atoms with Gasteiger partial charge in [0.25, 0.3) is 0 Å². The standard InChI is InChI=1S/C17H27NO/c1-17(2,3)18(12-14-8-5-4-6-9-14)13-15-10-7-11-16(15)19/h4-6,8-9,15-16,19H,7,10-13H2,1-3H3/t15-,16-/m1/s1. The van der Waals surface area contributed by atoms with Gasteiger partial charge in [0.05, 0.1) is 6.10 Å². The van der Waals surface area contributed by atoms with Crippen molar-refractivity contribution in [1.82, 2.24) is 4.90 Å². The van der Waals surface area contributed by atoms with Crippen LogP contribution in [0.15, 0.2) is 30.3 Å². The number of hydrogen-bond donors (Lipinski definition) is 1. The van der Waals surface area contributed by atoms with Crippen LogP contribution >= 0.6 is 0 Å². The second kappa shape index (κ2) is 6.06. The molecule has 0 spiro atoms. The molecule has 2 rings (SSSR count). The minimum absolute atomic E-state index is 0.0966. The van der Waals surface area contributed by atoms with Gasteiger partial charge in [-0.25, -0.2) is 0 Å². The summed E-state index contributed by atoms with van der Waals surface area (Å²) >= 11 is 0. The molecule has 1 aromatic rings. The topological polar surface area (TPSA) is 23.5 Å². The van der Waals surface area contributed by atoms with Crippen molar-refractivity contribution in [3.05, 3.63) is 35.9 Å². The van der Waals surface area contributed by atoms with E-state index in [0.29, 0.717) is 5.92 Å². The van der Waals surface area contributed by atoms with Gasteiger partial charge >= 0.3 is 0 Å². The number of aliphatic hydroxyl groups excluding tert-OH is 1. The average Bonchev–Trinajstić information content (AvgIpc) is 2.74. The Bertz CT molecular complexity index is 382. The summed E-state index contributed by atoms with van der Waals surface area (Å²) in [4.78, 5) is 2.50. The third kappa shape index (κ3) is 4.05. The molecule has 19 heavy (non-hydrogen) atoms. The Morgan fingerprint density at radius 2 is 1.84 bits per heavy atom. The lowest BCUT2D eigenvalue weighted by Gasteiger charge is -2.38. The highest BCUT2D eigenvalue weighted by atomic mass is 16.3. The van der Waals surface area contributed by atoms with E-state index in [1.165, 1.54) is 18.4 Å². The highest BCUT2D eigenvalue weighted by molar-refractivity contribution is 5.14. The highest BCUT2D eigenvalue weighted by Gasteiger charge is 2.30. The summed E-state index contributed by atoms with van der Waals surface area (Å²) in [7, 11) is 0. The largest absolute Gasteiger partial charge is 0.393 e. The van der Waals surface area contributed by atoms with Gasteiger partial charge in [0, 0.05) is 18.6 Å². The van der Waals surface area contributed by atoms with Crippen molar-refractivity contribution >= 4 is 0 Å². The zero-order valence-electron chi connectivity index (χ0n) is 12.5. The molecule has 1 fully saturated rings. The molecule has 0 radical (unpaired) electrons. The quantitative estimate of drug-likeness (QED) is 0.897. The molecular weight excluding hydrogens is 234 g/mol. The molecule has 1 aliphatic carbocycles. The van der Waals surface area contributed by atoms with Crippen LogP contribution in [0.5, 0.6) is 0 Å². The molecule has 0 aromatic heterocycles. The smallest absolute Gasteiger partial charge is 0.0580 e. The Labute approximate surface area is 117 Å². The third-order valence-electron chi connectivity index (χ3n) is 4.24. The lowest BCUT2D eigenvalue weighted by atomic mass is 9.99. The van der Waals surface area contributed by atoms with Crippen LogP contribution in [-0.4, -0.2) is 28.2 Å². The molecular formula is C17H27NO. The van der Waals surface area contributed by atoms with Crippen molar-refractivity contribution in [3.8, 4) is 0 Å². The first-order valence-electron chi connectivity index (χ1n) is 7.44. The van der Waals surface area contributed by atoms with E-state index in [9.17, 15) is 5.11 Å². The molecule has 1 saturated carbocycles. The first kappa shape index (κ1) is 14.5. The van der Waals surface area contributed by atoms with Crippen molar-refractivity contribution in [3.63, 3.8) is 0 Å². The first-order valence-corrected chi connectivity index (χ1v) is 7.44. The molecule has 1 aliphatic rings. The second-order valence-corrected chi connectivity index (χ2v) is 6.80. The fraction of sp³-hybridized carbons (Fsp3) is 0.647. The summed E-state index contributed by atoms with van der Waals surface area (Å²) in [5, 5.41) is 10.0. The molecule has 0 aliphatic heterocycles. The number of nitrogens with zero attached hydrogens (tertiary/aromatic N) is 1. The summed E-state index contributed by atoms with van der Waals surface area (Å²) in [5.74, 6) is 0.447. The monoisotopic (exact) mass is 261 g/mol. The van der Waals surface area contributed by atoms with Crippen LogP contribution in [0.4, 0.5) is 0 Å². The van der Waals surface area contributed by atoms with Gasteiger partial charge in [0.2, 0.25) is 0 Å². The van der Waals surface area contributed by atoms with E-state index in [-0.39, 0.29) is 11.6 Å². The fourth-order valence-corrected chi connectivity index (χ4v) is 2.89. The summed E-state index contributed by atoms with van der Waals surface area (Å²) in [6.45, 7) is 8.75. The van der Waals surface area contributed by atoms with Crippen LogP contribution in [0.1, 0.15) is 45.6 Å². The van der Waals surface area contributed by atoms with Gasteiger partial charge in [-0.05, 0) is 45.1 Å². The molecule has 1 aromatic carbocycles. The Morgan fingerprint density at radius 1 is 1.16 bits per heavy atom. The molecule has 0 bridgehead atoms. The minimum Gasteiger partial charge on any atom is -0.393 e. The van der Waals surface area contributed by atoms with Gasteiger partial charge in [0.1, 0.15) is 0 Å². The maximum Gasteiger partial charge on any atom is 0.0580 e. The fourth-order valence-electron chi connectivity index (χ4n) is 2.89. The Balaban J connectivity index is 2.04. The molecule has 2 nitrogen and oxygen atoms in total. The second-order valence-electron chi connectivity index (χ2n) is 6.80. The lowest BCUT2D eigenvalue weighted by molar-refractivity contribution is 0.0574.